The van der Waals surface area contributed by atoms with Gasteiger partial charge in [-0.25, -0.2) is 4.39 Å². The van der Waals surface area contributed by atoms with Gasteiger partial charge >= 0.3 is 5.95 Å². The molecule has 0 aromatic carbocycles. The second-order valence-electron chi connectivity index (χ2n) is 3.59. The predicted octanol–water partition coefficient (Wildman–Crippen LogP) is -0.620. The summed E-state index contributed by atoms with van der Waals surface area (Å²) in [4.78, 5) is 13.3. The van der Waals surface area contributed by atoms with E-state index in [1.165, 1.54) is 6.20 Å². The molecule has 2 N–H and O–H groups in total. The Labute approximate surface area is 94.4 Å². The molecular weight excluding hydrogens is 237 g/mol. The van der Waals surface area contributed by atoms with Crippen molar-refractivity contribution >= 4 is 5.95 Å². The number of hydrogen-bond acceptors (Lipinski definition) is 6. The number of ether oxygens (including phenoxy) is 1. The molecule has 1 aromatic rings. The third-order valence-electron chi connectivity index (χ3n) is 2.57. The molecule has 1 aromatic heterocycles. The summed E-state index contributed by atoms with van der Waals surface area (Å²) in [5.74, 6) is -0.541. The van der Waals surface area contributed by atoms with Crippen LogP contribution in [0.4, 0.5) is 10.3 Å². The Morgan fingerprint density at radius 3 is 2.82 bits per heavy atom. The Balaban J connectivity index is 2.29. The molecule has 2 heterocycles. The molecule has 1 saturated heterocycles. The lowest BCUT2D eigenvalue weighted by atomic mass is 10.1. The molecule has 8 nitrogen and oxygen atoms in total. The highest BCUT2D eigenvalue weighted by atomic mass is 19.1. The number of hydrogen-bond donors (Lipinski definition) is 2. The zero-order valence-electron chi connectivity index (χ0n) is 8.51. The van der Waals surface area contributed by atoms with Crippen molar-refractivity contribution in [1.29, 1.82) is 0 Å². The second-order valence-corrected chi connectivity index (χ2v) is 3.59. The topological polar surface area (TPSA) is 111 Å². The second kappa shape index (κ2) is 4.35. The van der Waals surface area contributed by atoms with Crippen LogP contribution in [-0.4, -0.2) is 49.7 Å². The van der Waals surface area contributed by atoms with E-state index in [0.717, 1.165) is 10.8 Å². The van der Waals surface area contributed by atoms with Crippen LogP contribution in [0.5, 0.6) is 0 Å². The van der Waals surface area contributed by atoms with Crippen LogP contribution in [-0.2, 0) is 4.74 Å². The van der Waals surface area contributed by atoms with Gasteiger partial charge in [-0.05, 0) is 4.92 Å². The van der Waals surface area contributed by atoms with E-state index in [4.69, 9.17) is 4.74 Å². The fraction of sp³-hybridized carbons (Fsp3) is 0.625. The largest absolute Gasteiger partial charge is 0.436 e. The van der Waals surface area contributed by atoms with Crippen LogP contribution in [0.25, 0.3) is 0 Å². The Morgan fingerprint density at radius 2 is 2.29 bits per heavy atom. The van der Waals surface area contributed by atoms with E-state index >= 15 is 0 Å². The number of halogens is 1. The molecule has 0 spiro atoms. The lowest BCUT2D eigenvalue weighted by Crippen LogP contribution is -2.32. The number of imidazole rings is 1. The van der Waals surface area contributed by atoms with Crippen molar-refractivity contribution in [3.63, 3.8) is 0 Å². The van der Waals surface area contributed by atoms with Crippen LogP contribution >= 0.6 is 0 Å². The zero-order valence-corrected chi connectivity index (χ0v) is 8.51. The number of nitrogens with zero attached hydrogens (tertiary/aromatic N) is 3. The molecule has 0 amide bonds. The van der Waals surface area contributed by atoms with Crippen molar-refractivity contribution in [2.45, 2.75) is 24.5 Å². The Bertz CT molecular complexity index is 425. The first kappa shape index (κ1) is 11.9. The van der Waals surface area contributed by atoms with E-state index in [2.05, 4.69) is 4.98 Å². The minimum Gasteiger partial charge on any atom is -0.390 e. The van der Waals surface area contributed by atoms with Gasteiger partial charge in [0.2, 0.25) is 6.23 Å². The summed E-state index contributed by atoms with van der Waals surface area (Å²) >= 11 is 0. The van der Waals surface area contributed by atoms with Gasteiger partial charge in [0.1, 0.15) is 37.4 Å². The first-order valence-corrected chi connectivity index (χ1v) is 4.81. The number of aliphatic hydroxyl groups is 2. The van der Waals surface area contributed by atoms with Gasteiger partial charge in [0.25, 0.3) is 0 Å². The maximum Gasteiger partial charge on any atom is 0.436 e. The summed E-state index contributed by atoms with van der Waals surface area (Å²) in [6.07, 6.45) is -2.90. The maximum atomic E-state index is 12.4. The van der Waals surface area contributed by atoms with Gasteiger partial charge in [-0.2, -0.15) is 4.57 Å². The van der Waals surface area contributed by atoms with Gasteiger partial charge in [-0.1, -0.05) is 4.98 Å². The SMILES string of the molecule is O=[N+]([O-])c1nccn1[C@H]1O[C@@H](CF)[C@H](O)[C@H]1O. The molecule has 0 bridgehead atoms. The third kappa shape index (κ3) is 1.88. The van der Waals surface area contributed by atoms with E-state index in [1.807, 2.05) is 0 Å². The average Bonchev–Trinajstić information content (AvgIpc) is 2.86. The van der Waals surface area contributed by atoms with Crippen molar-refractivity contribution in [1.82, 2.24) is 9.55 Å². The first-order chi connectivity index (χ1) is 8.06. The van der Waals surface area contributed by atoms with E-state index in [-0.39, 0.29) is 0 Å². The number of nitro groups is 1. The van der Waals surface area contributed by atoms with E-state index in [0.29, 0.717) is 0 Å². The first-order valence-electron chi connectivity index (χ1n) is 4.81. The number of rotatable bonds is 3. The summed E-state index contributed by atoms with van der Waals surface area (Å²) in [6.45, 7) is -0.989. The van der Waals surface area contributed by atoms with E-state index in [1.54, 1.807) is 0 Å². The standard InChI is InChI=1S/C8H10FN3O5/c9-3-4-5(13)6(14)7(17-4)11-2-1-10-8(11)12(15)16/h1-2,4-7,13-14H,3H2/t4-,5-,6+,7-/m0/s1. The summed E-state index contributed by atoms with van der Waals surface area (Å²) in [5.41, 5.74) is 0. The Morgan fingerprint density at radius 1 is 1.59 bits per heavy atom. The average molecular weight is 247 g/mol. The molecule has 1 aliphatic rings. The normalized spacial score (nSPS) is 32.9. The minimum absolute atomic E-state index is 0.541. The van der Waals surface area contributed by atoms with Gasteiger partial charge in [0, 0.05) is 0 Å². The maximum absolute atomic E-state index is 12.4. The molecule has 0 radical (unpaired) electrons. The molecule has 9 heteroatoms. The van der Waals surface area contributed by atoms with Crippen LogP contribution in [0.1, 0.15) is 6.23 Å². The Kier molecular flexibility index (Phi) is 3.05. The molecular formula is C8H10FN3O5. The third-order valence-corrected chi connectivity index (χ3v) is 2.57. The minimum atomic E-state index is -1.44. The van der Waals surface area contributed by atoms with Gasteiger partial charge in [-0.3, -0.25) is 0 Å². The summed E-state index contributed by atoms with van der Waals surface area (Å²) in [6, 6.07) is 0. The monoisotopic (exact) mass is 247 g/mol. The molecule has 1 aliphatic heterocycles. The molecule has 1 fully saturated rings. The quantitative estimate of drug-likeness (QED) is 0.544. The molecule has 0 unspecified atom stereocenters. The van der Waals surface area contributed by atoms with Gasteiger partial charge in [-0.15, -0.1) is 0 Å². The smallest absolute Gasteiger partial charge is 0.390 e. The van der Waals surface area contributed by atoms with E-state index < -0.39 is 42.1 Å². The van der Waals surface area contributed by atoms with Gasteiger partial charge < -0.3 is 25.1 Å². The van der Waals surface area contributed by atoms with Crippen molar-refractivity contribution in [3.8, 4) is 0 Å². The van der Waals surface area contributed by atoms with Crippen LogP contribution in [0.3, 0.4) is 0 Å². The van der Waals surface area contributed by atoms with Crippen molar-refractivity contribution in [2.24, 2.45) is 0 Å². The van der Waals surface area contributed by atoms with Crippen LogP contribution in [0, 0.1) is 10.1 Å². The van der Waals surface area contributed by atoms with Crippen LogP contribution in [0.15, 0.2) is 12.4 Å². The fourth-order valence-corrected chi connectivity index (χ4v) is 1.73. The van der Waals surface area contributed by atoms with Gasteiger partial charge in [0.05, 0.1) is 0 Å². The highest BCUT2D eigenvalue weighted by Gasteiger charge is 2.46. The van der Waals surface area contributed by atoms with Crippen LogP contribution < -0.4 is 0 Å². The van der Waals surface area contributed by atoms with Crippen molar-refractivity contribution in [3.05, 3.63) is 22.5 Å². The molecule has 2 rings (SSSR count). The molecule has 0 saturated carbocycles. The van der Waals surface area contributed by atoms with E-state index in [9.17, 15) is 24.7 Å². The van der Waals surface area contributed by atoms with Crippen molar-refractivity contribution < 1.29 is 24.3 Å². The summed E-state index contributed by atoms with van der Waals surface area (Å²) < 4.78 is 18.4. The highest BCUT2D eigenvalue weighted by molar-refractivity contribution is 5.09. The lowest BCUT2D eigenvalue weighted by molar-refractivity contribution is -0.398. The molecule has 4 atom stereocenters. The number of aliphatic hydroxyl groups excluding tert-OH is 2. The highest BCUT2D eigenvalue weighted by Crippen LogP contribution is 2.31. The van der Waals surface area contributed by atoms with Gasteiger partial charge in [0.15, 0.2) is 0 Å². The lowest BCUT2D eigenvalue weighted by Gasteiger charge is -2.13. The molecule has 17 heavy (non-hydrogen) atoms. The number of alkyl halides is 1. The predicted molar refractivity (Wildman–Crippen MR) is 50.8 cm³/mol. The summed E-state index contributed by atoms with van der Waals surface area (Å²) in [5, 5.41) is 29.7. The number of aromatic nitrogens is 2. The van der Waals surface area contributed by atoms with Crippen molar-refractivity contribution in [2.75, 3.05) is 6.67 Å². The molecule has 94 valence electrons. The van der Waals surface area contributed by atoms with Crippen LogP contribution in [0.2, 0.25) is 0 Å². The Hall–Kier alpha value is -1.58. The summed E-state index contributed by atoms with van der Waals surface area (Å²) in [7, 11) is 0. The fourth-order valence-electron chi connectivity index (χ4n) is 1.73. The molecule has 0 aliphatic carbocycles. The zero-order chi connectivity index (χ0) is 12.6.